The van der Waals surface area contributed by atoms with Gasteiger partial charge in [0.2, 0.25) is 0 Å². The molecule has 0 bridgehead atoms. The van der Waals surface area contributed by atoms with E-state index < -0.39 is 5.76 Å². The predicted octanol–water partition coefficient (Wildman–Crippen LogP) is 1.11. The van der Waals surface area contributed by atoms with Crippen LogP contribution in [0.4, 0.5) is 0 Å². The summed E-state index contributed by atoms with van der Waals surface area (Å²) in [6, 6.07) is 5.27. The molecule has 0 saturated heterocycles. The van der Waals surface area contributed by atoms with Gasteiger partial charge in [-0.3, -0.25) is 4.98 Å². The fourth-order valence-electron chi connectivity index (χ4n) is 1.73. The first-order chi connectivity index (χ1) is 7.94. The number of oxazole rings is 1. The van der Waals surface area contributed by atoms with Crippen LogP contribution in [-0.4, -0.2) is 11.5 Å². The fourth-order valence-corrected chi connectivity index (χ4v) is 1.73. The molecule has 1 heterocycles. The average molecular weight is 235 g/mol. The first-order valence-electron chi connectivity index (χ1n) is 5.52. The van der Waals surface area contributed by atoms with Gasteiger partial charge in [-0.25, -0.2) is 4.79 Å². The normalized spacial score (nSPS) is 14.1. The second-order valence-electron chi connectivity index (χ2n) is 4.94. The number of hydrogen-bond donors (Lipinski definition) is 3. The summed E-state index contributed by atoms with van der Waals surface area (Å²) in [6.07, 6.45) is 0. The minimum atomic E-state index is -0.455. The molecule has 17 heavy (non-hydrogen) atoms. The molecule has 92 valence electrons. The molecule has 2 aromatic rings. The lowest BCUT2D eigenvalue weighted by molar-refractivity contribution is 0.301. The summed E-state index contributed by atoms with van der Waals surface area (Å²) in [5.74, 6) is -0.455. The van der Waals surface area contributed by atoms with Gasteiger partial charge < -0.3 is 15.9 Å². The molecule has 1 atom stereocenters. The van der Waals surface area contributed by atoms with Gasteiger partial charge in [-0.2, -0.15) is 0 Å². The summed E-state index contributed by atoms with van der Waals surface area (Å²) in [6.45, 7) is 4.51. The van der Waals surface area contributed by atoms with E-state index in [0.717, 1.165) is 5.56 Å². The van der Waals surface area contributed by atoms with Gasteiger partial charge in [-0.15, -0.1) is 0 Å². The number of rotatable bonds is 3. The maximum Gasteiger partial charge on any atom is 0.417 e. The lowest BCUT2D eigenvalue weighted by atomic mass is 9.81. The van der Waals surface area contributed by atoms with Crippen LogP contribution in [0, 0.1) is 5.41 Å². The number of aromatic nitrogens is 1. The Morgan fingerprint density at radius 3 is 2.82 bits per heavy atom. The highest BCUT2D eigenvalue weighted by atomic mass is 16.4. The number of nitrogens with two attached hydrogens (primary N) is 2. The zero-order valence-electron chi connectivity index (χ0n) is 9.99. The number of aromatic amines is 1. The van der Waals surface area contributed by atoms with Gasteiger partial charge in [0.05, 0.1) is 5.52 Å². The molecule has 0 amide bonds. The van der Waals surface area contributed by atoms with Crippen molar-refractivity contribution >= 4 is 11.1 Å². The molecular formula is C12H17N3O2. The van der Waals surface area contributed by atoms with Crippen molar-refractivity contribution in [3.8, 4) is 0 Å². The van der Waals surface area contributed by atoms with Crippen LogP contribution in [0.3, 0.4) is 0 Å². The van der Waals surface area contributed by atoms with Crippen LogP contribution >= 0.6 is 0 Å². The molecule has 1 aromatic carbocycles. The van der Waals surface area contributed by atoms with Crippen LogP contribution in [0.15, 0.2) is 27.4 Å². The van der Waals surface area contributed by atoms with Crippen LogP contribution in [0.5, 0.6) is 0 Å². The van der Waals surface area contributed by atoms with Crippen molar-refractivity contribution in [1.82, 2.24) is 4.98 Å². The highest BCUT2D eigenvalue weighted by molar-refractivity contribution is 5.72. The number of nitrogens with one attached hydrogen (secondary N) is 1. The van der Waals surface area contributed by atoms with E-state index in [1.165, 1.54) is 0 Å². The lowest BCUT2D eigenvalue weighted by Crippen LogP contribution is -2.35. The highest BCUT2D eigenvalue weighted by Crippen LogP contribution is 2.31. The second-order valence-corrected chi connectivity index (χ2v) is 4.94. The Morgan fingerprint density at radius 2 is 2.18 bits per heavy atom. The summed E-state index contributed by atoms with van der Waals surface area (Å²) < 4.78 is 5.01. The Labute approximate surface area is 98.8 Å². The van der Waals surface area contributed by atoms with Crippen LogP contribution < -0.4 is 17.2 Å². The predicted molar refractivity (Wildman–Crippen MR) is 66.6 cm³/mol. The lowest BCUT2D eigenvalue weighted by Gasteiger charge is -2.30. The minimum absolute atomic E-state index is 0.197. The summed E-state index contributed by atoms with van der Waals surface area (Å²) in [5.41, 5.74) is 13.8. The molecule has 0 fully saturated rings. The molecule has 0 aliphatic carbocycles. The minimum Gasteiger partial charge on any atom is -0.408 e. The molecule has 1 aromatic heterocycles. The first kappa shape index (κ1) is 11.9. The number of H-pyrrole nitrogens is 1. The molecule has 5 nitrogen and oxygen atoms in total. The van der Waals surface area contributed by atoms with E-state index in [1.807, 2.05) is 19.9 Å². The summed E-state index contributed by atoms with van der Waals surface area (Å²) in [7, 11) is 0. The number of hydrogen-bond acceptors (Lipinski definition) is 4. The molecular weight excluding hydrogens is 218 g/mol. The van der Waals surface area contributed by atoms with Crippen LogP contribution in [-0.2, 0) is 0 Å². The van der Waals surface area contributed by atoms with Gasteiger partial charge in [0, 0.05) is 6.04 Å². The van der Waals surface area contributed by atoms with E-state index in [1.54, 1.807) is 12.1 Å². The number of benzene rings is 1. The molecule has 5 heteroatoms. The fraction of sp³-hybridized carbons (Fsp3) is 0.417. The third kappa shape index (κ3) is 2.11. The standard InChI is InChI=1S/C12H17N3O2/c1-12(2,6-13)10(14)7-3-4-8-9(5-7)17-11(16)15-8/h3-5,10H,6,13-14H2,1-2H3,(H,15,16). The van der Waals surface area contributed by atoms with Crippen LogP contribution in [0.25, 0.3) is 11.1 Å². The van der Waals surface area contributed by atoms with Crippen molar-refractivity contribution in [2.24, 2.45) is 16.9 Å². The topological polar surface area (TPSA) is 98.0 Å². The van der Waals surface area contributed by atoms with E-state index in [4.69, 9.17) is 15.9 Å². The Balaban J connectivity index is 2.45. The molecule has 0 spiro atoms. The monoisotopic (exact) mass is 235 g/mol. The van der Waals surface area contributed by atoms with E-state index in [-0.39, 0.29) is 11.5 Å². The van der Waals surface area contributed by atoms with E-state index in [0.29, 0.717) is 17.6 Å². The van der Waals surface area contributed by atoms with E-state index in [9.17, 15) is 4.79 Å². The van der Waals surface area contributed by atoms with Gasteiger partial charge in [-0.1, -0.05) is 19.9 Å². The Bertz CT molecular complexity index is 583. The van der Waals surface area contributed by atoms with Crippen LogP contribution in [0.1, 0.15) is 25.5 Å². The smallest absolute Gasteiger partial charge is 0.408 e. The zero-order valence-corrected chi connectivity index (χ0v) is 9.99. The van der Waals surface area contributed by atoms with Crippen molar-refractivity contribution < 1.29 is 4.42 Å². The average Bonchev–Trinajstić information content (AvgIpc) is 2.66. The van der Waals surface area contributed by atoms with Crippen molar-refractivity contribution in [1.29, 1.82) is 0 Å². The largest absolute Gasteiger partial charge is 0.417 e. The quantitative estimate of drug-likeness (QED) is 0.742. The second kappa shape index (κ2) is 4.01. The Hall–Kier alpha value is -1.59. The Kier molecular flexibility index (Phi) is 2.81. The van der Waals surface area contributed by atoms with Gasteiger partial charge in [-0.05, 0) is 29.7 Å². The van der Waals surface area contributed by atoms with Crippen molar-refractivity contribution in [2.45, 2.75) is 19.9 Å². The Morgan fingerprint density at radius 1 is 1.47 bits per heavy atom. The molecule has 0 aliphatic heterocycles. The molecule has 5 N–H and O–H groups in total. The van der Waals surface area contributed by atoms with Gasteiger partial charge in [0.1, 0.15) is 0 Å². The third-order valence-electron chi connectivity index (χ3n) is 3.17. The SMILES string of the molecule is CC(C)(CN)C(N)c1ccc2[nH]c(=O)oc2c1. The van der Waals surface area contributed by atoms with Gasteiger partial charge >= 0.3 is 5.76 Å². The maximum absolute atomic E-state index is 11.0. The van der Waals surface area contributed by atoms with Gasteiger partial charge in [0.15, 0.2) is 5.58 Å². The van der Waals surface area contributed by atoms with Crippen molar-refractivity contribution in [3.63, 3.8) is 0 Å². The van der Waals surface area contributed by atoms with Crippen LogP contribution in [0.2, 0.25) is 0 Å². The molecule has 1 unspecified atom stereocenters. The molecule has 0 aliphatic rings. The first-order valence-corrected chi connectivity index (χ1v) is 5.52. The summed E-state index contributed by atoms with van der Waals surface area (Å²) in [4.78, 5) is 13.6. The maximum atomic E-state index is 11.0. The van der Waals surface area contributed by atoms with E-state index in [2.05, 4.69) is 4.98 Å². The summed E-state index contributed by atoms with van der Waals surface area (Å²) in [5, 5.41) is 0. The zero-order chi connectivity index (χ0) is 12.6. The molecule has 2 rings (SSSR count). The van der Waals surface area contributed by atoms with Crippen molar-refractivity contribution in [2.75, 3.05) is 6.54 Å². The highest BCUT2D eigenvalue weighted by Gasteiger charge is 2.26. The molecule has 0 radical (unpaired) electrons. The molecule has 0 saturated carbocycles. The van der Waals surface area contributed by atoms with E-state index >= 15 is 0 Å². The van der Waals surface area contributed by atoms with Crippen molar-refractivity contribution in [3.05, 3.63) is 34.3 Å². The summed E-state index contributed by atoms with van der Waals surface area (Å²) >= 11 is 0. The number of fused-ring (bicyclic) bond motifs is 1. The third-order valence-corrected chi connectivity index (χ3v) is 3.17. The van der Waals surface area contributed by atoms with Gasteiger partial charge in [0.25, 0.3) is 0 Å².